The largest absolute Gasteiger partial charge is 0.389 e. The minimum absolute atomic E-state index is 0.0311. The molecule has 9 atom stereocenters. The highest BCUT2D eigenvalue weighted by molar-refractivity contribution is 6.02. The highest BCUT2D eigenvalue weighted by Crippen LogP contribution is 2.21. The van der Waals surface area contributed by atoms with Gasteiger partial charge in [-0.25, -0.2) is 4.98 Å². The number of guanidine groups is 1. The molecule has 1 aliphatic heterocycles. The third kappa shape index (κ3) is 29.2. The van der Waals surface area contributed by atoms with Crippen LogP contribution in [0.25, 0.3) is 0 Å². The van der Waals surface area contributed by atoms with Crippen molar-refractivity contribution in [3.8, 4) is 0 Å². The van der Waals surface area contributed by atoms with Crippen molar-refractivity contribution in [3.05, 3.63) is 30.0 Å². The molecule has 1 aromatic heterocycles. The second kappa shape index (κ2) is 43.3. The van der Waals surface area contributed by atoms with E-state index in [2.05, 4.69) is 68.1 Å². The van der Waals surface area contributed by atoms with Gasteiger partial charge in [0.05, 0.1) is 25.0 Å². The summed E-state index contributed by atoms with van der Waals surface area (Å²) in [4.78, 5) is 150. The number of likely N-dealkylation sites (tertiary alicyclic amines) is 1. The fourth-order valence-corrected chi connectivity index (χ4v) is 9.10. The van der Waals surface area contributed by atoms with Crippen LogP contribution < -0.4 is 99.0 Å². The van der Waals surface area contributed by atoms with Crippen LogP contribution in [0, 0.1) is 0 Å². The summed E-state index contributed by atoms with van der Waals surface area (Å²) in [5, 5.41) is 36.9. The number of unbranched alkanes of at least 4 members (excludes halogenated alkanes) is 4. The fourth-order valence-electron chi connectivity index (χ4n) is 9.10. The summed E-state index contributed by atoms with van der Waals surface area (Å²) in [6, 6.07) is -9.91. The van der Waals surface area contributed by atoms with Crippen LogP contribution in [-0.2, 0) is 54.4 Å². The number of aromatic amines is 1. The van der Waals surface area contributed by atoms with Gasteiger partial charge in [0.2, 0.25) is 53.2 Å². The molecule has 28 N–H and O–H groups in total. The number of nitrogens with zero attached hydrogens (tertiary/aromatic N) is 3. The van der Waals surface area contributed by atoms with Crippen LogP contribution >= 0.6 is 0 Å². The second-order valence-corrected chi connectivity index (χ2v) is 21.2. The molecule has 1 saturated heterocycles. The number of carbonyl (C=O) groups is 10. The number of carbonyl (C=O) groups excluding carboxylic acids is 10. The Kier molecular flexibility index (Phi) is 37.6. The highest BCUT2D eigenvalue weighted by Gasteiger charge is 2.40. The lowest BCUT2D eigenvalue weighted by atomic mass is 10.0. The number of nitrogens with two attached hydrogens (primary N) is 8. The Bertz CT molecular complexity index is 2360. The maximum Gasteiger partial charge on any atom is 0.268 e. The molecular weight excluding hydrogens is 1130 g/mol. The molecule has 492 valence electrons. The van der Waals surface area contributed by atoms with Crippen molar-refractivity contribution < 1.29 is 53.1 Å². The lowest BCUT2D eigenvalue weighted by Gasteiger charge is -2.30. The molecule has 33 heteroatoms. The van der Waals surface area contributed by atoms with Crippen LogP contribution in [0.3, 0.4) is 0 Å². The first-order valence-electron chi connectivity index (χ1n) is 30.0. The van der Waals surface area contributed by atoms with Crippen LogP contribution in [-0.4, -0.2) is 212 Å². The van der Waals surface area contributed by atoms with Crippen molar-refractivity contribution in [2.45, 2.75) is 171 Å². The Labute approximate surface area is 508 Å². The van der Waals surface area contributed by atoms with E-state index in [1.807, 2.05) is 0 Å². The Balaban J connectivity index is 2.32. The number of amides is 10. The van der Waals surface area contributed by atoms with E-state index in [-0.39, 0.29) is 82.8 Å². The predicted octanol–water partition coefficient (Wildman–Crippen LogP) is -7.46. The first kappa shape index (κ1) is 75.7. The molecule has 2 rings (SSSR count). The van der Waals surface area contributed by atoms with Crippen LogP contribution in [0.5, 0.6) is 0 Å². The van der Waals surface area contributed by atoms with Crippen LogP contribution in [0.4, 0.5) is 0 Å². The minimum Gasteiger partial charge on any atom is -0.389 e. The number of rotatable bonds is 45. The van der Waals surface area contributed by atoms with Gasteiger partial charge in [-0.15, -0.1) is 0 Å². The van der Waals surface area contributed by atoms with E-state index in [9.17, 15) is 53.1 Å². The maximum absolute atomic E-state index is 14.5. The van der Waals surface area contributed by atoms with Crippen molar-refractivity contribution >= 4 is 65.0 Å². The number of nitrogens with one attached hydrogen (secondary N) is 11. The molecule has 0 bridgehead atoms. The summed E-state index contributed by atoms with van der Waals surface area (Å²) in [6.45, 7) is 2.56. The zero-order valence-corrected chi connectivity index (χ0v) is 50.5. The normalized spacial score (nSPS) is 15.9. The van der Waals surface area contributed by atoms with Crippen LogP contribution in [0.1, 0.15) is 115 Å². The monoisotopic (exact) mass is 1230 g/mol. The molecule has 33 nitrogen and oxygen atoms in total. The quantitative estimate of drug-likeness (QED) is 0.0125. The van der Waals surface area contributed by atoms with Crippen molar-refractivity contribution in [1.29, 1.82) is 0 Å². The van der Waals surface area contributed by atoms with Gasteiger partial charge in [-0.2, -0.15) is 0 Å². The topological polar surface area (TPSA) is 564 Å². The van der Waals surface area contributed by atoms with E-state index in [1.54, 1.807) is 7.05 Å². The molecule has 0 aromatic carbocycles. The standard InChI is InChI=1S/C54H100N22O11/c1-33(69-52(86)44(42(77)29-59)75-46(80)35(60)14-5-9-24-63-2)45(79)67-31-43(78)70-39(17-11-23-58)53(87)76-27-13-19-41(76)51(85)74-40(28-34-30-64-32-68-34)50(84)73-37(16-4-7-21-56)48(82)72-38(18-12-26-66-54(61)62)49(83)71-36(15-3-6-20-55)47(81)65-25-10-8-22-57/h18,30,32-33,35-37,39-42,44,63,77H,3-17,19-29,31,55-60H2,1-2H3,(H,64,68)(H,65,81)(H,67,79)(H,69,86)(H,70,78)(H,71,83)(H,72,82)(H,73,84)(H,74,85)(H,75,80)(H4,61,62,66)/b38-18-/t33?,35?,36-,37-,39+,40?,41-,42-,44-/m0/s1. The van der Waals surface area contributed by atoms with Gasteiger partial charge in [0.15, 0.2) is 5.96 Å². The van der Waals surface area contributed by atoms with Gasteiger partial charge >= 0.3 is 0 Å². The first-order chi connectivity index (χ1) is 41.7. The molecule has 1 aromatic rings. The summed E-state index contributed by atoms with van der Waals surface area (Å²) in [5.41, 5.74) is 45.8. The number of aromatic nitrogens is 2. The Hall–Kier alpha value is -7.40. The molecule has 1 fully saturated rings. The van der Waals surface area contributed by atoms with Crippen LogP contribution in [0.2, 0.25) is 0 Å². The lowest BCUT2D eigenvalue weighted by molar-refractivity contribution is -0.142. The van der Waals surface area contributed by atoms with E-state index >= 15 is 0 Å². The molecule has 0 radical (unpaired) electrons. The van der Waals surface area contributed by atoms with Gasteiger partial charge < -0.3 is 114 Å². The molecule has 2 heterocycles. The maximum atomic E-state index is 14.5. The number of hydrogen-bond donors (Lipinski definition) is 20. The molecule has 0 spiro atoms. The average molecular weight is 1230 g/mol. The zero-order chi connectivity index (χ0) is 64.7. The predicted molar refractivity (Wildman–Crippen MR) is 325 cm³/mol. The molecule has 0 aliphatic carbocycles. The average Bonchev–Trinajstić information content (AvgIpc) is 2.90. The molecule has 0 saturated carbocycles. The third-order valence-electron chi connectivity index (χ3n) is 14.0. The Morgan fingerprint density at radius 2 is 1.33 bits per heavy atom. The van der Waals surface area contributed by atoms with Gasteiger partial charge in [0.1, 0.15) is 48.0 Å². The van der Waals surface area contributed by atoms with Crippen molar-refractivity contribution in [1.82, 2.24) is 68.0 Å². The Morgan fingerprint density at radius 1 is 0.701 bits per heavy atom. The van der Waals surface area contributed by atoms with Crippen molar-refractivity contribution in [2.75, 3.05) is 72.5 Å². The van der Waals surface area contributed by atoms with E-state index in [0.29, 0.717) is 89.7 Å². The van der Waals surface area contributed by atoms with Crippen molar-refractivity contribution in [3.63, 3.8) is 0 Å². The van der Waals surface area contributed by atoms with Gasteiger partial charge in [0, 0.05) is 44.5 Å². The molecule has 3 unspecified atom stereocenters. The van der Waals surface area contributed by atoms with Crippen LogP contribution in [0.15, 0.2) is 29.3 Å². The summed E-state index contributed by atoms with van der Waals surface area (Å²) in [6.07, 6.45) is 8.50. The smallest absolute Gasteiger partial charge is 0.268 e. The van der Waals surface area contributed by atoms with Gasteiger partial charge in [-0.05, 0) is 143 Å². The molecule has 87 heavy (non-hydrogen) atoms. The zero-order valence-electron chi connectivity index (χ0n) is 50.5. The number of hydrogen-bond acceptors (Lipinski definition) is 20. The summed E-state index contributed by atoms with van der Waals surface area (Å²) in [7, 11) is 1.79. The third-order valence-corrected chi connectivity index (χ3v) is 14.0. The molecule has 10 amide bonds. The number of H-pyrrole nitrogens is 1. The van der Waals surface area contributed by atoms with E-state index in [1.165, 1.54) is 30.4 Å². The van der Waals surface area contributed by atoms with Gasteiger partial charge in [0.25, 0.3) is 5.91 Å². The SMILES string of the molecule is CNCCCCC(N)C(=O)N[C@H](C(=O)NC(C)C(=O)NCC(=O)N[C@H](CCCN)C(=O)N1CCC[C@H]1C(=O)NC(Cc1cnc[nH]1)C(=O)N[C@@H](CCCCN)C(=O)N/C(=C\CCN=C(N)N)C(=O)N[C@@H](CCCCN)C(=O)NCCCCN)[C@@H](O)CN. The lowest BCUT2D eigenvalue weighted by Crippen LogP contribution is -2.60. The van der Waals surface area contributed by atoms with Gasteiger partial charge in [-0.3, -0.25) is 52.9 Å². The second-order valence-electron chi connectivity index (χ2n) is 21.2. The van der Waals surface area contributed by atoms with Crippen molar-refractivity contribution in [2.24, 2.45) is 50.9 Å². The summed E-state index contributed by atoms with van der Waals surface area (Å²) in [5.74, 6) is -7.76. The first-order valence-corrected chi connectivity index (χ1v) is 30.0. The van der Waals surface area contributed by atoms with E-state index < -0.39 is 127 Å². The molecular formula is C54H100N22O11. The highest BCUT2D eigenvalue weighted by atomic mass is 16.3. The van der Waals surface area contributed by atoms with E-state index in [4.69, 9.17) is 45.9 Å². The summed E-state index contributed by atoms with van der Waals surface area (Å²) >= 11 is 0. The number of aliphatic hydroxyl groups is 1. The fraction of sp³-hybridized carbons (Fsp3) is 0.704. The number of aliphatic imine (C=N–C) groups is 1. The van der Waals surface area contributed by atoms with Gasteiger partial charge in [-0.1, -0.05) is 12.5 Å². The number of imidazole rings is 1. The summed E-state index contributed by atoms with van der Waals surface area (Å²) < 4.78 is 0. The van der Waals surface area contributed by atoms with E-state index in [0.717, 1.165) is 6.42 Å². The number of aliphatic hydroxyl groups excluding tert-OH is 1. The Morgan fingerprint density at radius 3 is 1.95 bits per heavy atom. The minimum atomic E-state index is -1.56. The molecule has 1 aliphatic rings.